The van der Waals surface area contributed by atoms with Crippen molar-refractivity contribution in [2.45, 2.75) is 26.2 Å². The Balaban J connectivity index is 2.65. The summed E-state index contributed by atoms with van der Waals surface area (Å²) in [5.74, 6) is 0.440. The molecule has 0 aliphatic rings. The minimum Gasteiger partial charge on any atom is -0.254 e. The molecule has 0 radical (unpaired) electrons. The summed E-state index contributed by atoms with van der Waals surface area (Å²) in [5.41, 5.74) is 1.98. The summed E-state index contributed by atoms with van der Waals surface area (Å²) < 4.78 is 0. The zero-order valence-electron chi connectivity index (χ0n) is 8.44. The Kier molecular flexibility index (Phi) is 2.39. The first-order valence-electron chi connectivity index (χ1n) is 4.89. The summed E-state index contributed by atoms with van der Waals surface area (Å²) in [6.07, 6.45) is 4.56. The number of rotatable bonds is 2. The van der Waals surface area contributed by atoms with Crippen LogP contribution in [0.25, 0.3) is 10.9 Å². The Labute approximate surface area is 83.2 Å². The minimum absolute atomic E-state index is 0.440. The summed E-state index contributed by atoms with van der Waals surface area (Å²) in [7, 11) is 0. The van der Waals surface area contributed by atoms with E-state index in [-0.39, 0.29) is 0 Å². The number of hydrogen-bond donors (Lipinski definition) is 0. The van der Waals surface area contributed by atoms with Crippen molar-refractivity contribution in [1.82, 2.24) is 15.2 Å². The summed E-state index contributed by atoms with van der Waals surface area (Å²) in [4.78, 5) is 4.26. The van der Waals surface area contributed by atoms with Gasteiger partial charge in [0.2, 0.25) is 0 Å². The number of hydrogen-bond acceptors (Lipinski definition) is 3. The maximum absolute atomic E-state index is 4.26. The Morgan fingerprint density at radius 2 is 2.29 bits per heavy atom. The fraction of sp³-hybridized carbons (Fsp3) is 0.364. The van der Waals surface area contributed by atoms with Crippen molar-refractivity contribution >= 4 is 10.9 Å². The van der Waals surface area contributed by atoms with Gasteiger partial charge in [-0.2, -0.15) is 10.2 Å². The summed E-state index contributed by atoms with van der Waals surface area (Å²) in [5, 5.41) is 9.28. The van der Waals surface area contributed by atoms with Crippen LogP contribution in [0.5, 0.6) is 0 Å². The number of pyridine rings is 1. The third-order valence-electron chi connectivity index (χ3n) is 2.54. The van der Waals surface area contributed by atoms with Crippen molar-refractivity contribution in [3.63, 3.8) is 0 Å². The predicted molar refractivity (Wildman–Crippen MR) is 56.0 cm³/mol. The summed E-state index contributed by atoms with van der Waals surface area (Å²) in [6, 6.07) is 3.99. The lowest BCUT2D eigenvalue weighted by Crippen LogP contribution is -1.99. The van der Waals surface area contributed by atoms with E-state index >= 15 is 0 Å². The lowest BCUT2D eigenvalue weighted by molar-refractivity contribution is 0.699. The Morgan fingerprint density at radius 1 is 1.43 bits per heavy atom. The van der Waals surface area contributed by atoms with Crippen LogP contribution in [0.3, 0.4) is 0 Å². The molecule has 0 spiro atoms. The first kappa shape index (κ1) is 9.06. The highest BCUT2D eigenvalue weighted by atomic mass is 15.1. The maximum atomic E-state index is 4.26. The molecular formula is C11H13N3. The van der Waals surface area contributed by atoms with E-state index in [1.165, 1.54) is 0 Å². The molecule has 3 nitrogen and oxygen atoms in total. The van der Waals surface area contributed by atoms with Gasteiger partial charge in [-0.05, 0) is 18.6 Å². The fourth-order valence-corrected chi connectivity index (χ4v) is 1.49. The number of aromatic nitrogens is 3. The molecular weight excluding hydrogens is 174 g/mol. The molecule has 0 aliphatic heterocycles. The van der Waals surface area contributed by atoms with Gasteiger partial charge in [0.1, 0.15) is 0 Å². The second-order valence-corrected chi connectivity index (χ2v) is 3.48. The van der Waals surface area contributed by atoms with Gasteiger partial charge in [-0.25, -0.2) is 0 Å². The van der Waals surface area contributed by atoms with Gasteiger partial charge < -0.3 is 0 Å². The Bertz CT molecular complexity index is 434. The molecule has 2 aromatic rings. The van der Waals surface area contributed by atoms with E-state index in [4.69, 9.17) is 0 Å². The highest BCUT2D eigenvalue weighted by Crippen LogP contribution is 2.22. The largest absolute Gasteiger partial charge is 0.254 e. The molecule has 0 aliphatic carbocycles. The van der Waals surface area contributed by atoms with Crippen molar-refractivity contribution < 1.29 is 0 Å². The van der Waals surface area contributed by atoms with E-state index in [1.54, 1.807) is 12.4 Å². The monoisotopic (exact) mass is 187 g/mol. The van der Waals surface area contributed by atoms with Crippen molar-refractivity contribution in [3.05, 3.63) is 30.2 Å². The average molecular weight is 187 g/mol. The minimum atomic E-state index is 0.440. The molecule has 2 aromatic heterocycles. The molecule has 3 heteroatoms. The summed E-state index contributed by atoms with van der Waals surface area (Å²) >= 11 is 0. The number of nitrogens with zero attached hydrogens (tertiary/aromatic N) is 3. The molecule has 0 fully saturated rings. The zero-order valence-corrected chi connectivity index (χ0v) is 8.44. The van der Waals surface area contributed by atoms with Gasteiger partial charge in [-0.3, -0.25) is 4.98 Å². The van der Waals surface area contributed by atoms with E-state index in [0.717, 1.165) is 23.0 Å². The van der Waals surface area contributed by atoms with Crippen LogP contribution in [0, 0.1) is 0 Å². The molecule has 0 aromatic carbocycles. The van der Waals surface area contributed by atoms with Crippen LogP contribution in [0.15, 0.2) is 24.5 Å². The van der Waals surface area contributed by atoms with Crippen LogP contribution in [0.1, 0.15) is 31.9 Å². The van der Waals surface area contributed by atoms with Crippen LogP contribution >= 0.6 is 0 Å². The fourth-order valence-electron chi connectivity index (χ4n) is 1.49. The van der Waals surface area contributed by atoms with Crippen LogP contribution in [-0.4, -0.2) is 15.2 Å². The van der Waals surface area contributed by atoms with Crippen molar-refractivity contribution in [3.8, 4) is 0 Å². The van der Waals surface area contributed by atoms with Gasteiger partial charge in [0, 0.05) is 17.5 Å². The summed E-state index contributed by atoms with van der Waals surface area (Å²) in [6.45, 7) is 4.32. The average Bonchev–Trinajstić information content (AvgIpc) is 2.27. The SMILES string of the molecule is CCC(C)c1nncc2ncccc12. The van der Waals surface area contributed by atoms with E-state index in [0.29, 0.717) is 5.92 Å². The smallest absolute Gasteiger partial charge is 0.0922 e. The van der Waals surface area contributed by atoms with Gasteiger partial charge >= 0.3 is 0 Å². The molecule has 2 heterocycles. The topological polar surface area (TPSA) is 38.7 Å². The van der Waals surface area contributed by atoms with Gasteiger partial charge in [-0.1, -0.05) is 13.8 Å². The zero-order chi connectivity index (χ0) is 9.97. The molecule has 1 atom stereocenters. The molecule has 14 heavy (non-hydrogen) atoms. The lowest BCUT2D eigenvalue weighted by Gasteiger charge is -2.08. The normalized spacial score (nSPS) is 13.0. The van der Waals surface area contributed by atoms with Gasteiger partial charge in [-0.15, -0.1) is 0 Å². The molecule has 0 amide bonds. The van der Waals surface area contributed by atoms with E-state index in [1.807, 2.05) is 6.07 Å². The van der Waals surface area contributed by atoms with Gasteiger partial charge in [0.25, 0.3) is 0 Å². The van der Waals surface area contributed by atoms with E-state index in [2.05, 4.69) is 35.1 Å². The molecule has 0 saturated heterocycles. The second-order valence-electron chi connectivity index (χ2n) is 3.48. The first-order chi connectivity index (χ1) is 6.83. The Morgan fingerprint density at radius 3 is 3.07 bits per heavy atom. The molecule has 0 saturated carbocycles. The first-order valence-corrected chi connectivity index (χ1v) is 4.89. The van der Waals surface area contributed by atoms with Gasteiger partial charge in [0.05, 0.1) is 17.4 Å². The molecule has 1 unspecified atom stereocenters. The van der Waals surface area contributed by atoms with Crippen LogP contribution in [0.2, 0.25) is 0 Å². The quantitative estimate of drug-likeness (QED) is 0.725. The third-order valence-corrected chi connectivity index (χ3v) is 2.54. The predicted octanol–water partition coefficient (Wildman–Crippen LogP) is 2.54. The van der Waals surface area contributed by atoms with Crippen LogP contribution < -0.4 is 0 Å². The molecule has 0 bridgehead atoms. The van der Waals surface area contributed by atoms with Crippen molar-refractivity contribution in [2.75, 3.05) is 0 Å². The maximum Gasteiger partial charge on any atom is 0.0922 e. The van der Waals surface area contributed by atoms with Gasteiger partial charge in [0.15, 0.2) is 0 Å². The molecule has 72 valence electrons. The highest BCUT2D eigenvalue weighted by molar-refractivity contribution is 5.79. The molecule has 2 rings (SSSR count). The highest BCUT2D eigenvalue weighted by Gasteiger charge is 2.09. The van der Waals surface area contributed by atoms with Crippen LogP contribution in [-0.2, 0) is 0 Å². The van der Waals surface area contributed by atoms with E-state index in [9.17, 15) is 0 Å². The molecule has 0 N–H and O–H groups in total. The lowest BCUT2D eigenvalue weighted by atomic mass is 10.0. The Hall–Kier alpha value is -1.51. The number of fused-ring (bicyclic) bond motifs is 1. The standard InChI is InChI=1S/C11H13N3/c1-3-8(2)11-9-5-4-6-12-10(9)7-13-14-11/h4-8H,3H2,1-2H3. The van der Waals surface area contributed by atoms with Crippen LogP contribution in [0.4, 0.5) is 0 Å². The van der Waals surface area contributed by atoms with E-state index < -0.39 is 0 Å². The van der Waals surface area contributed by atoms with Crippen molar-refractivity contribution in [1.29, 1.82) is 0 Å². The van der Waals surface area contributed by atoms with Crippen molar-refractivity contribution in [2.24, 2.45) is 0 Å². The second kappa shape index (κ2) is 3.70. The third kappa shape index (κ3) is 1.45.